The van der Waals surface area contributed by atoms with Gasteiger partial charge < -0.3 is 5.32 Å². The molecule has 1 unspecified atom stereocenters. The number of nitrogens with one attached hydrogen (secondary N) is 1. The molecule has 1 heterocycles. The fraction of sp³-hybridized carbons (Fsp3) is 0.667. The molecule has 0 amide bonds. The van der Waals surface area contributed by atoms with Gasteiger partial charge in [0.05, 0.1) is 0 Å². The average Bonchev–Trinajstić information content (AvgIpc) is 2.75. The third-order valence-corrected chi connectivity index (χ3v) is 3.30. The molecule has 0 radical (unpaired) electrons. The first-order valence-electron chi connectivity index (χ1n) is 5.96. The lowest BCUT2D eigenvalue weighted by atomic mass is 10.1. The summed E-state index contributed by atoms with van der Waals surface area (Å²) in [4.78, 5) is 8.66. The SMILES string of the molecule is CC(CCCCl)Nc1ncnc2c1CCC2. The molecule has 1 aliphatic rings. The van der Waals surface area contributed by atoms with Crippen LogP contribution in [0.3, 0.4) is 0 Å². The van der Waals surface area contributed by atoms with Crippen molar-refractivity contribution in [3.63, 3.8) is 0 Å². The molecule has 1 atom stereocenters. The van der Waals surface area contributed by atoms with E-state index in [1.807, 2.05) is 0 Å². The largest absolute Gasteiger partial charge is 0.367 e. The summed E-state index contributed by atoms with van der Waals surface area (Å²) >= 11 is 5.69. The highest BCUT2D eigenvalue weighted by Crippen LogP contribution is 2.25. The van der Waals surface area contributed by atoms with Crippen molar-refractivity contribution in [3.05, 3.63) is 17.6 Å². The lowest BCUT2D eigenvalue weighted by Crippen LogP contribution is -2.17. The number of hydrogen-bond acceptors (Lipinski definition) is 3. The summed E-state index contributed by atoms with van der Waals surface area (Å²) in [6.07, 6.45) is 7.22. The molecule has 4 heteroatoms. The Bertz CT molecular complexity index is 354. The van der Waals surface area contributed by atoms with E-state index in [9.17, 15) is 0 Å². The van der Waals surface area contributed by atoms with Gasteiger partial charge in [-0.05, 0) is 39.0 Å². The van der Waals surface area contributed by atoms with E-state index in [0.29, 0.717) is 6.04 Å². The third-order valence-electron chi connectivity index (χ3n) is 3.03. The van der Waals surface area contributed by atoms with Crippen LogP contribution in [0.15, 0.2) is 6.33 Å². The van der Waals surface area contributed by atoms with Gasteiger partial charge in [-0.2, -0.15) is 0 Å². The molecule has 3 nitrogen and oxygen atoms in total. The minimum atomic E-state index is 0.429. The van der Waals surface area contributed by atoms with Crippen LogP contribution in [-0.4, -0.2) is 21.9 Å². The van der Waals surface area contributed by atoms with Gasteiger partial charge in [0, 0.05) is 23.2 Å². The Balaban J connectivity index is 2.01. The van der Waals surface area contributed by atoms with Crippen LogP contribution in [0.4, 0.5) is 5.82 Å². The number of alkyl halides is 1. The summed E-state index contributed by atoms with van der Waals surface area (Å²) in [5.74, 6) is 1.76. The Morgan fingerprint density at radius 1 is 1.44 bits per heavy atom. The van der Waals surface area contributed by atoms with E-state index < -0.39 is 0 Å². The molecule has 0 bridgehead atoms. The summed E-state index contributed by atoms with van der Waals surface area (Å²) in [5.41, 5.74) is 2.54. The van der Waals surface area contributed by atoms with E-state index in [1.54, 1.807) is 6.33 Å². The molecule has 88 valence electrons. The van der Waals surface area contributed by atoms with Gasteiger partial charge in [-0.15, -0.1) is 11.6 Å². The average molecular weight is 240 g/mol. The number of aryl methyl sites for hydroxylation is 1. The smallest absolute Gasteiger partial charge is 0.133 e. The number of aromatic nitrogens is 2. The van der Waals surface area contributed by atoms with Crippen LogP contribution < -0.4 is 5.32 Å². The highest BCUT2D eigenvalue weighted by molar-refractivity contribution is 6.17. The molecular weight excluding hydrogens is 222 g/mol. The Morgan fingerprint density at radius 2 is 2.31 bits per heavy atom. The zero-order valence-electron chi connectivity index (χ0n) is 9.67. The molecule has 0 saturated carbocycles. The molecule has 16 heavy (non-hydrogen) atoms. The summed E-state index contributed by atoms with van der Waals surface area (Å²) in [6.45, 7) is 2.18. The topological polar surface area (TPSA) is 37.8 Å². The number of fused-ring (bicyclic) bond motifs is 1. The fourth-order valence-electron chi connectivity index (χ4n) is 2.17. The number of nitrogens with zero attached hydrogens (tertiary/aromatic N) is 2. The van der Waals surface area contributed by atoms with Crippen molar-refractivity contribution < 1.29 is 0 Å². The molecule has 0 fully saturated rings. The molecule has 0 saturated heterocycles. The van der Waals surface area contributed by atoms with Gasteiger partial charge in [0.25, 0.3) is 0 Å². The second kappa shape index (κ2) is 5.48. The van der Waals surface area contributed by atoms with Crippen molar-refractivity contribution in [1.82, 2.24) is 9.97 Å². The second-order valence-electron chi connectivity index (χ2n) is 4.38. The zero-order valence-corrected chi connectivity index (χ0v) is 10.4. The van der Waals surface area contributed by atoms with Crippen LogP contribution >= 0.6 is 11.6 Å². The summed E-state index contributed by atoms with van der Waals surface area (Å²) in [6, 6.07) is 0.429. The van der Waals surface area contributed by atoms with Crippen LogP contribution in [0.1, 0.15) is 37.4 Å². The molecule has 1 aromatic rings. The zero-order chi connectivity index (χ0) is 11.4. The van der Waals surface area contributed by atoms with E-state index >= 15 is 0 Å². The standard InChI is InChI=1S/C12H18ClN3/c1-9(4-3-7-13)16-12-10-5-2-6-11(10)14-8-15-12/h8-9H,2-7H2,1H3,(H,14,15,16). The summed E-state index contributed by atoms with van der Waals surface area (Å²) in [7, 11) is 0. The fourth-order valence-corrected chi connectivity index (χ4v) is 2.33. The number of halogens is 1. The Kier molecular flexibility index (Phi) is 3.99. The molecule has 1 aromatic heterocycles. The van der Waals surface area contributed by atoms with Crippen LogP contribution in [0.2, 0.25) is 0 Å². The highest BCUT2D eigenvalue weighted by atomic mass is 35.5. The molecule has 0 aromatic carbocycles. The van der Waals surface area contributed by atoms with Gasteiger partial charge in [0.1, 0.15) is 12.1 Å². The maximum Gasteiger partial charge on any atom is 0.133 e. The van der Waals surface area contributed by atoms with Crippen molar-refractivity contribution in [3.8, 4) is 0 Å². The maximum absolute atomic E-state index is 5.69. The van der Waals surface area contributed by atoms with E-state index in [-0.39, 0.29) is 0 Å². The lowest BCUT2D eigenvalue weighted by Gasteiger charge is -2.15. The van der Waals surface area contributed by atoms with Crippen molar-refractivity contribution in [1.29, 1.82) is 0 Å². The van der Waals surface area contributed by atoms with Gasteiger partial charge in [-0.25, -0.2) is 9.97 Å². The van der Waals surface area contributed by atoms with Gasteiger partial charge >= 0.3 is 0 Å². The third kappa shape index (κ3) is 2.64. The van der Waals surface area contributed by atoms with E-state index in [4.69, 9.17) is 11.6 Å². The molecule has 2 rings (SSSR count). The quantitative estimate of drug-likeness (QED) is 0.803. The Morgan fingerprint density at radius 3 is 3.12 bits per heavy atom. The first-order valence-corrected chi connectivity index (χ1v) is 6.50. The minimum absolute atomic E-state index is 0.429. The van der Waals surface area contributed by atoms with Gasteiger partial charge in [-0.1, -0.05) is 0 Å². The van der Waals surface area contributed by atoms with Crippen LogP contribution in [-0.2, 0) is 12.8 Å². The first kappa shape index (κ1) is 11.6. The molecule has 0 spiro atoms. The van der Waals surface area contributed by atoms with Gasteiger partial charge in [-0.3, -0.25) is 0 Å². The highest BCUT2D eigenvalue weighted by Gasteiger charge is 2.17. The van der Waals surface area contributed by atoms with Crippen molar-refractivity contribution in [2.45, 2.75) is 45.1 Å². The van der Waals surface area contributed by atoms with Crippen LogP contribution in [0.5, 0.6) is 0 Å². The number of hydrogen-bond donors (Lipinski definition) is 1. The van der Waals surface area contributed by atoms with Crippen LogP contribution in [0.25, 0.3) is 0 Å². The Labute approximate surface area is 102 Å². The predicted molar refractivity (Wildman–Crippen MR) is 67.1 cm³/mol. The van der Waals surface area contributed by atoms with Gasteiger partial charge in [0.2, 0.25) is 0 Å². The minimum Gasteiger partial charge on any atom is -0.367 e. The predicted octanol–water partition coefficient (Wildman–Crippen LogP) is 2.78. The van der Waals surface area contributed by atoms with Crippen molar-refractivity contribution >= 4 is 17.4 Å². The number of rotatable bonds is 5. The van der Waals surface area contributed by atoms with E-state index in [1.165, 1.54) is 17.7 Å². The second-order valence-corrected chi connectivity index (χ2v) is 4.76. The van der Waals surface area contributed by atoms with E-state index in [0.717, 1.165) is 37.4 Å². The molecular formula is C12H18ClN3. The summed E-state index contributed by atoms with van der Waals surface area (Å²) in [5, 5.41) is 3.47. The first-order chi connectivity index (χ1) is 7.81. The van der Waals surface area contributed by atoms with Crippen molar-refractivity contribution in [2.75, 3.05) is 11.2 Å². The molecule has 1 aliphatic carbocycles. The number of anilines is 1. The van der Waals surface area contributed by atoms with E-state index in [2.05, 4.69) is 22.2 Å². The maximum atomic E-state index is 5.69. The normalized spacial score (nSPS) is 15.9. The Hall–Kier alpha value is -0.830. The molecule has 1 N–H and O–H groups in total. The monoisotopic (exact) mass is 239 g/mol. The van der Waals surface area contributed by atoms with Gasteiger partial charge in [0.15, 0.2) is 0 Å². The summed E-state index contributed by atoms with van der Waals surface area (Å²) < 4.78 is 0. The van der Waals surface area contributed by atoms with Crippen molar-refractivity contribution in [2.24, 2.45) is 0 Å². The molecule has 0 aliphatic heterocycles. The lowest BCUT2D eigenvalue weighted by molar-refractivity contribution is 0.688. The van der Waals surface area contributed by atoms with Crippen LogP contribution in [0, 0.1) is 0 Å².